The quantitative estimate of drug-likeness (QED) is 0.763. The summed E-state index contributed by atoms with van der Waals surface area (Å²) in [6, 6.07) is 8.36. The second-order valence-electron chi connectivity index (χ2n) is 5.75. The van der Waals surface area contributed by atoms with Crippen molar-refractivity contribution in [3.05, 3.63) is 35.4 Å². The van der Waals surface area contributed by atoms with E-state index >= 15 is 0 Å². The van der Waals surface area contributed by atoms with Gasteiger partial charge in [-0.3, -0.25) is 0 Å². The SMILES string of the molecule is Cc1ccc(C2(O)CC(C)CC(C)C2)cc1. The molecule has 1 fully saturated rings. The molecule has 0 bridgehead atoms. The van der Waals surface area contributed by atoms with E-state index in [0.717, 1.165) is 18.4 Å². The molecular formula is C15H22O. The minimum atomic E-state index is -0.592. The molecule has 0 radical (unpaired) electrons. The largest absolute Gasteiger partial charge is 0.385 e. The topological polar surface area (TPSA) is 20.2 Å². The van der Waals surface area contributed by atoms with Gasteiger partial charge in [0.05, 0.1) is 5.60 Å². The minimum Gasteiger partial charge on any atom is -0.385 e. The molecule has 2 unspecified atom stereocenters. The first kappa shape index (κ1) is 11.7. The predicted molar refractivity (Wildman–Crippen MR) is 67.3 cm³/mol. The Morgan fingerprint density at radius 2 is 1.56 bits per heavy atom. The maximum absolute atomic E-state index is 10.8. The number of aryl methyl sites for hydroxylation is 1. The molecule has 0 saturated heterocycles. The van der Waals surface area contributed by atoms with Crippen molar-refractivity contribution in [2.75, 3.05) is 0 Å². The summed E-state index contributed by atoms with van der Waals surface area (Å²) in [6.07, 6.45) is 3.05. The second-order valence-corrected chi connectivity index (χ2v) is 5.75. The molecule has 0 aromatic heterocycles. The molecule has 2 rings (SSSR count). The fourth-order valence-corrected chi connectivity index (χ4v) is 3.19. The number of rotatable bonds is 1. The third-order valence-electron chi connectivity index (χ3n) is 3.77. The molecule has 0 amide bonds. The zero-order valence-corrected chi connectivity index (χ0v) is 10.5. The molecule has 0 heterocycles. The van der Waals surface area contributed by atoms with Crippen LogP contribution in [0.4, 0.5) is 0 Å². The Morgan fingerprint density at radius 3 is 2.06 bits per heavy atom. The van der Waals surface area contributed by atoms with Crippen molar-refractivity contribution in [2.45, 2.75) is 45.6 Å². The first-order chi connectivity index (χ1) is 7.49. The number of hydrogen-bond donors (Lipinski definition) is 1. The van der Waals surface area contributed by atoms with E-state index < -0.39 is 5.60 Å². The number of benzene rings is 1. The lowest BCUT2D eigenvalue weighted by Crippen LogP contribution is -2.35. The summed E-state index contributed by atoms with van der Waals surface area (Å²) in [5.41, 5.74) is 1.76. The van der Waals surface area contributed by atoms with Gasteiger partial charge < -0.3 is 5.11 Å². The first-order valence-corrected chi connectivity index (χ1v) is 6.29. The number of aliphatic hydroxyl groups is 1. The average Bonchev–Trinajstić information content (AvgIpc) is 2.16. The average molecular weight is 218 g/mol. The van der Waals surface area contributed by atoms with Crippen molar-refractivity contribution in [1.82, 2.24) is 0 Å². The monoisotopic (exact) mass is 218 g/mol. The van der Waals surface area contributed by atoms with E-state index in [2.05, 4.69) is 45.0 Å². The van der Waals surface area contributed by atoms with Gasteiger partial charge in [-0.1, -0.05) is 43.7 Å². The fraction of sp³-hybridized carbons (Fsp3) is 0.600. The van der Waals surface area contributed by atoms with Crippen LogP contribution in [-0.2, 0) is 5.60 Å². The summed E-state index contributed by atoms with van der Waals surface area (Å²) >= 11 is 0. The van der Waals surface area contributed by atoms with Gasteiger partial charge in [0.2, 0.25) is 0 Å². The highest BCUT2D eigenvalue weighted by molar-refractivity contribution is 5.27. The summed E-state index contributed by atoms with van der Waals surface area (Å²) in [6.45, 7) is 6.57. The van der Waals surface area contributed by atoms with E-state index in [1.165, 1.54) is 12.0 Å². The molecular weight excluding hydrogens is 196 g/mol. The molecule has 1 saturated carbocycles. The molecule has 1 heteroatoms. The molecule has 2 atom stereocenters. The molecule has 1 nitrogen and oxygen atoms in total. The molecule has 1 aromatic rings. The van der Waals surface area contributed by atoms with Gasteiger partial charge in [-0.25, -0.2) is 0 Å². The summed E-state index contributed by atoms with van der Waals surface area (Å²) < 4.78 is 0. The molecule has 16 heavy (non-hydrogen) atoms. The van der Waals surface area contributed by atoms with Crippen LogP contribution < -0.4 is 0 Å². The molecule has 88 valence electrons. The Hall–Kier alpha value is -0.820. The van der Waals surface area contributed by atoms with E-state index in [0.29, 0.717) is 11.8 Å². The third kappa shape index (κ3) is 2.30. The summed E-state index contributed by atoms with van der Waals surface area (Å²) in [4.78, 5) is 0. The van der Waals surface area contributed by atoms with Gasteiger partial charge in [-0.2, -0.15) is 0 Å². The summed E-state index contributed by atoms with van der Waals surface area (Å²) in [7, 11) is 0. The van der Waals surface area contributed by atoms with Gasteiger partial charge in [0.25, 0.3) is 0 Å². The highest BCUT2D eigenvalue weighted by atomic mass is 16.3. The zero-order valence-electron chi connectivity index (χ0n) is 10.5. The Kier molecular flexibility index (Phi) is 3.07. The second kappa shape index (κ2) is 4.21. The van der Waals surface area contributed by atoms with Gasteiger partial charge in [0, 0.05) is 0 Å². The van der Waals surface area contributed by atoms with E-state index in [-0.39, 0.29) is 0 Å². The lowest BCUT2D eigenvalue weighted by molar-refractivity contribution is -0.0362. The van der Waals surface area contributed by atoms with Crippen LogP contribution in [0.1, 0.15) is 44.2 Å². The van der Waals surface area contributed by atoms with Crippen molar-refractivity contribution < 1.29 is 5.11 Å². The van der Waals surface area contributed by atoms with Crippen LogP contribution in [0.15, 0.2) is 24.3 Å². The summed E-state index contributed by atoms with van der Waals surface area (Å²) in [5, 5.41) is 10.8. The molecule has 1 aromatic carbocycles. The van der Waals surface area contributed by atoms with E-state index in [9.17, 15) is 5.11 Å². The van der Waals surface area contributed by atoms with Gasteiger partial charge in [-0.05, 0) is 43.6 Å². The Balaban J connectivity index is 2.26. The van der Waals surface area contributed by atoms with Crippen LogP contribution in [0, 0.1) is 18.8 Å². The molecule has 0 aliphatic heterocycles. The molecule has 1 aliphatic rings. The van der Waals surface area contributed by atoms with Crippen molar-refractivity contribution >= 4 is 0 Å². The molecule has 1 N–H and O–H groups in total. The van der Waals surface area contributed by atoms with Crippen LogP contribution in [0.3, 0.4) is 0 Å². The van der Waals surface area contributed by atoms with Gasteiger partial charge >= 0.3 is 0 Å². The normalized spacial score (nSPS) is 35.0. The van der Waals surface area contributed by atoms with Crippen molar-refractivity contribution in [3.63, 3.8) is 0 Å². The lowest BCUT2D eigenvalue weighted by atomic mass is 9.71. The Morgan fingerprint density at radius 1 is 1.06 bits per heavy atom. The van der Waals surface area contributed by atoms with E-state index in [4.69, 9.17) is 0 Å². The lowest BCUT2D eigenvalue weighted by Gasteiger charge is -2.39. The molecule has 1 aliphatic carbocycles. The van der Waals surface area contributed by atoms with E-state index in [1.807, 2.05) is 0 Å². The van der Waals surface area contributed by atoms with Crippen LogP contribution in [0.2, 0.25) is 0 Å². The summed E-state index contributed by atoms with van der Waals surface area (Å²) in [5.74, 6) is 1.24. The maximum Gasteiger partial charge on any atom is 0.0901 e. The van der Waals surface area contributed by atoms with Crippen molar-refractivity contribution in [2.24, 2.45) is 11.8 Å². The van der Waals surface area contributed by atoms with Gasteiger partial charge in [-0.15, -0.1) is 0 Å². The predicted octanol–water partition coefficient (Wildman–Crippen LogP) is 3.64. The van der Waals surface area contributed by atoms with Crippen LogP contribution >= 0.6 is 0 Å². The highest BCUT2D eigenvalue weighted by Crippen LogP contribution is 2.42. The van der Waals surface area contributed by atoms with Crippen molar-refractivity contribution in [3.8, 4) is 0 Å². The van der Waals surface area contributed by atoms with Crippen molar-refractivity contribution in [1.29, 1.82) is 0 Å². The highest BCUT2D eigenvalue weighted by Gasteiger charge is 2.37. The minimum absolute atomic E-state index is 0.592. The van der Waals surface area contributed by atoms with E-state index in [1.54, 1.807) is 0 Å². The third-order valence-corrected chi connectivity index (χ3v) is 3.77. The van der Waals surface area contributed by atoms with Gasteiger partial charge in [0.1, 0.15) is 0 Å². The fourth-order valence-electron chi connectivity index (χ4n) is 3.19. The van der Waals surface area contributed by atoms with Gasteiger partial charge in [0.15, 0.2) is 0 Å². The maximum atomic E-state index is 10.8. The van der Waals surface area contributed by atoms with Crippen LogP contribution in [0.5, 0.6) is 0 Å². The Bertz CT molecular complexity index is 342. The first-order valence-electron chi connectivity index (χ1n) is 6.29. The molecule has 0 spiro atoms. The smallest absolute Gasteiger partial charge is 0.0901 e. The standard InChI is InChI=1S/C15H22O/c1-11-4-6-14(7-5-11)15(16)9-12(2)8-13(3)10-15/h4-7,12-13,16H,8-10H2,1-3H3. The zero-order chi connectivity index (χ0) is 11.8. The number of hydrogen-bond acceptors (Lipinski definition) is 1. The van der Waals surface area contributed by atoms with Crippen LogP contribution in [-0.4, -0.2) is 5.11 Å². The Labute approximate surface area is 98.5 Å². The van der Waals surface area contributed by atoms with Crippen LogP contribution in [0.25, 0.3) is 0 Å².